The summed E-state index contributed by atoms with van der Waals surface area (Å²) in [5, 5.41) is 14.9. The minimum absolute atomic E-state index is 0.0836. The third-order valence-electron chi connectivity index (χ3n) is 4.74. The van der Waals surface area contributed by atoms with Crippen LogP contribution in [0.1, 0.15) is 43.0 Å². The predicted octanol–water partition coefficient (Wildman–Crippen LogP) is 5.29. The molecule has 0 unspecified atom stereocenters. The molecular weight excluding hydrogens is 392 g/mol. The molecule has 1 aliphatic carbocycles. The van der Waals surface area contributed by atoms with Gasteiger partial charge in [-0.05, 0) is 44.0 Å². The number of hydrogen-bond donors (Lipinski definition) is 1. The van der Waals surface area contributed by atoms with E-state index < -0.39 is 10.8 Å². The van der Waals surface area contributed by atoms with Gasteiger partial charge in [-0.3, -0.25) is 14.9 Å². The largest absolute Gasteiger partial charge is 0.493 e. The molecule has 0 radical (unpaired) electrons. The maximum atomic E-state index is 12.7. The van der Waals surface area contributed by atoms with E-state index >= 15 is 0 Å². The average Bonchev–Trinajstić information content (AvgIpc) is 3.22. The van der Waals surface area contributed by atoms with E-state index in [-0.39, 0.29) is 22.7 Å². The lowest BCUT2D eigenvalue weighted by Gasteiger charge is -2.12. The van der Waals surface area contributed by atoms with E-state index in [1.165, 1.54) is 44.9 Å². The smallest absolute Gasteiger partial charge is 0.286 e. The zero-order valence-corrected chi connectivity index (χ0v) is 17.3. The standard InChI is InChI=1S/C21H24N2O5S/c1-3-28-20-13-18(23(25)26)17(12-19(20)27-2)21(24)22-14-8-10-16(11-9-14)29-15-6-4-5-7-15/h8-13,15H,3-7H2,1-2H3,(H,22,24). The second-order valence-electron chi connectivity index (χ2n) is 6.71. The minimum Gasteiger partial charge on any atom is -0.493 e. The van der Waals surface area contributed by atoms with Gasteiger partial charge in [-0.1, -0.05) is 12.8 Å². The van der Waals surface area contributed by atoms with E-state index in [0.29, 0.717) is 17.5 Å². The monoisotopic (exact) mass is 416 g/mol. The third-order valence-corrected chi connectivity index (χ3v) is 6.09. The Bertz CT molecular complexity index is 879. The Balaban J connectivity index is 1.77. The molecule has 0 aliphatic heterocycles. The maximum Gasteiger partial charge on any atom is 0.286 e. The number of ether oxygens (including phenoxy) is 2. The number of benzene rings is 2. The number of methoxy groups -OCH3 is 1. The Morgan fingerprint density at radius 1 is 1.21 bits per heavy atom. The van der Waals surface area contributed by atoms with Crippen molar-refractivity contribution in [3.05, 3.63) is 52.1 Å². The van der Waals surface area contributed by atoms with Crippen LogP contribution in [0.3, 0.4) is 0 Å². The van der Waals surface area contributed by atoms with Gasteiger partial charge in [-0.15, -0.1) is 11.8 Å². The van der Waals surface area contributed by atoms with Gasteiger partial charge in [0.15, 0.2) is 11.5 Å². The molecule has 3 rings (SSSR count). The third kappa shape index (κ3) is 5.20. The van der Waals surface area contributed by atoms with Crippen molar-refractivity contribution < 1.29 is 19.2 Å². The zero-order chi connectivity index (χ0) is 20.8. The van der Waals surface area contributed by atoms with Gasteiger partial charge in [0.25, 0.3) is 11.6 Å². The van der Waals surface area contributed by atoms with Gasteiger partial charge in [-0.2, -0.15) is 0 Å². The molecule has 29 heavy (non-hydrogen) atoms. The highest BCUT2D eigenvalue weighted by Gasteiger charge is 2.25. The fourth-order valence-electron chi connectivity index (χ4n) is 3.32. The van der Waals surface area contributed by atoms with Crippen LogP contribution in [0, 0.1) is 10.1 Å². The van der Waals surface area contributed by atoms with E-state index in [2.05, 4.69) is 5.32 Å². The molecule has 2 aromatic carbocycles. The van der Waals surface area contributed by atoms with Crippen molar-refractivity contribution >= 4 is 29.0 Å². The fraction of sp³-hybridized carbons (Fsp3) is 0.381. The topological polar surface area (TPSA) is 90.7 Å². The van der Waals surface area contributed by atoms with Crippen LogP contribution in [-0.2, 0) is 0 Å². The Morgan fingerprint density at radius 2 is 1.90 bits per heavy atom. The lowest BCUT2D eigenvalue weighted by molar-refractivity contribution is -0.385. The number of thioether (sulfide) groups is 1. The van der Waals surface area contributed by atoms with E-state index in [1.54, 1.807) is 6.92 Å². The molecule has 8 heteroatoms. The Kier molecular flexibility index (Phi) is 6.98. The van der Waals surface area contributed by atoms with Crippen LogP contribution in [0.2, 0.25) is 0 Å². The summed E-state index contributed by atoms with van der Waals surface area (Å²) in [6, 6.07) is 10.1. The molecule has 7 nitrogen and oxygen atoms in total. The summed E-state index contributed by atoms with van der Waals surface area (Å²) in [5.74, 6) is -0.0771. The van der Waals surface area contributed by atoms with Crippen molar-refractivity contribution in [2.75, 3.05) is 19.0 Å². The first-order chi connectivity index (χ1) is 14.0. The number of carbonyl (C=O) groups is 1. The fourth-order valence-corrected chi connectivity index (χ4v) is 4.57. The summed E-state index contributed by atoms with van der Waals surface area (Å²) in [5.41, 5.74) is 0.160. The van der Waals surface area contributed by atoms with Crippen LogP contribution in [0.5, 0.6) is 11.5 Å². The van der Waals surface area contributed by atoms with E-state index in [4.69, 9.17) is 9.47 Å². The predicted molar refractivity (Wildman–Crippen MR) is 113 cm³/mol. The Morgan fingerprint density at radius 3 is 2.48 bits per heavy atom. The van der Waals surface area contributed by atoms with Crippen molar-refractivity contribution in [3.63, 3.8) is 0 Å². The number of nitrogens with one attached hydrogen (secondary N) is 1. The van der Waals surface area contributed by atoms with E-state index in [9.17, 15) is 14.9 Å². The molecule has 1 N–H and O–H groups in total. The van der Waals surface area contributed by atoms with Crippen LogP contribution in [0.25, 0.3) is 0 Å². The van der Waals surface area contributed by atoms with Gasteiger partial charge in [0.2, 0.25) is 0 Å². The Hall–Kier alpha value is -2.74. The summed E-state index contributed by atoms with van der Waals surface area (Å²) >= 11 is 1.86. The number of carbonyl (C=O) groups excluding carboxylic acids is 1. The maximum absolute atomic E-state index is 12.7. The molecule has 1 aliphatic rings. The molecule has 1 amide bonds. The molecule has 2 aromatic rings. The summed E-state index contributed by atoms with van der Waals surface area (Å²) in [6.07, 6.45) is 5.06. The number of rotatable bonds is 8. The average molecular weight is 416 g/mol. The molecule has 1 saturated carbocycles. The lowest BCUT2D eigenvalue weighted by Crippen LogP contribution is -2.14. The number of hydrogen-bond acceptors (Lipinski definition) is 6. The molecule has 0 atom stereocenters. The number of anilines is 1. The molecule has 0 bridgehead atoms. The van der Waals surface area contributed by atoms with Gasteiger partial charge in [0, 0.05) is 21.9 Å². The second kappa shape index (κ2) is 9.65. The van der Waals surface area contributed by atoms with Crippen LogP contribution in [0.15, 0.2) is 41.3 Å². The highest BCUT2D eigenvalue weighted by molar-refractivity contribution is 8.00. The normalized spacial score (nSPS) is 13.9. The van der Waals surface area contributed by atoms with Crippen molar-refractivity contribution in [2.45, 2.75) is 42.8 Å². The molecule has 0 aromatic heterocycles. The zero-order valence-electron chi connectivity index (χ0n) is 16.5. The molecule has 0 spiro atoms. The SMILES string of the molecule is CCOc1cc([N+](=O)[O-])c(C(=O)Nc2ccc(SC3CCCC3)cc2)cc1OC. The number of nitro groups is 1. The van der Waals surface area contributed by atoms with E-state index in [0.717, 1.165) is 4.90 Å². The summed E-state index contributed by atoms with van der Waals surface area (Å²) in [7, 11) is 1.42. The van der Waals surface area contributed by atoms with Gasteiger partial charge in [-0.25, -0.2) is 0 Å². The van der Waals surface area contributed by atoms with Crippen molar-refractivity contribution in [1.29, 1.82) is 0 Å². The first-order valence-corrected chi connectivity index (χ1v) is 10.5. The molecule has 154 valence electrons. The van der Waals surface area contributed by atoms with Crippen LogP contribution in [-0.4, -0.2) is 29.8 Å². The lowest BCUT2D eigenvalue weighted by atomic mass is 10.1. The second-order valence-corrected chi connectivity index (χ2v) is 8.09. The van der Waals surface area contributed by atoms with Crippen LogP contribution >= 0.6 is 11.8 Å². The molecule has 1 fully saturated rings. The highest BCUT2D eigenvalue weighted by Crippen LogP contribution is 2.36. The highest BCUT2D eigenvalue weighted by atomic mass is 32.2. The molecule has 0 saturated heterocycles. The van der Waals surface area contributed by atoms with Gasteiger partial charge in [0.05, 0.1) is 24.7 Å². The number of amides is 1. The van der Waals surface area contributed by atoms with E-state index in [1.807, 2.05) is 36.0 Å². The van der Waals surface area contributed by atoms with Crippen LogP contribution < -0.4 is 14.8 Å². The Labute approximate surface area is 173 Å². The van der Waals surface area contributed by atoms with Crippen molar-refractivity contribution in [1.82, 2.24) is 0 Å². The van der Waals surface area contributed by atoms with Gasteiger partial charge < -0.3 is 14.8 Å². The number of nitrogens with zero attached hydrogens (tertiary/aromatic N) is 1. The first kappa shape index (κ1) is 21.0. The molecule has 0 heterocycles. The molecular formula is C21H24N2O5S. The van der Waals surface area contributed by atoms with Gasteiger partial charge in [0.1, 0.15) is 5.56 Å². The van der Waals surface area contributed by atoms with Gasteiger partial charge >= 0.3 is 0 Å². The quantitative estimate of drug-likeness (QED) is 0.464. The summed E-state index contributed by atoms with van der Waals surface area (Å²) in [4.78, 5) is 24.8. The minimum atomic E-state index is -0.599. The summed E-state index contributed by atoms with van der Waals surface area (Å²) in [6.45, 7) is 2.09. The number of nitro benzene ring substituents is 1. The van der Waals surface area contributed by atoms with Crippen molar-refractivity contribution in [3.8, 4) is 11.5 Å². The summed E-state index contributed by atoms with van der Waals surface area (Å²) < 4.78 is 10.6. The van der Waals surface area contributed by atoms with Crippen molar-refractivity contribution in [2.24, 2.45) is 0 Å². The van der Waals surface area contributed by atoms with Crippen LogP contribution in [0.4, 0.5) is 11.4 Å². The first-order valence-electron chi connectivity index (χ1n) is 9.59.